The van der Waals surface area contributed by atoms with Crippen LogP contribution in [0.5, 0.6) is 5.75 Å². The number of hydrogen-bond donors (Lipinski definition) is 1. The van der Waals surface area contributed by atoms with Crippen molar-refractivity contribution < 1.29 is 13.9 Å². The van der Waals surface area contributed by atoms with Crippen LogP contribution in [0, 0.1) is 5.41 Å². The van der Waals surface area contributed by atoms with Gasteiger partial charge in [-0.2, -0.15) is 0 Å². The van der Waals surface area contributed by atoms with Crippen molar-refractivity contribution in [2.45, 2.75) is 26.2 Å². The second kappa shape index (κ2) is 7.90. The minimum Gasteiger partial charge on any atom is -0.493 e. The van der Waals surface area contributed by atoms with Crippen molar-refractivity contribution in [1.29, 1.82) is 5.41 Å². The molecule has 0 aliphatic rings. The molecule has 2 rings (SSSR count). The first-order valence-corrected chi connectivity index (χ1v) is 7.64. The Morgan fingerprint density at radius 2 is 2.09 bits per heavy atom. The summed E-state index contributed by atoms with van der Waals surface area (Å²) in [4.78, 5) is 0. The predicted octanol–water partition coefficient (Wildman–Crippen LogP) is 4.67. The van der Waals surface area contributed by atoms with Crippen molar-refractivity contribution in [3.63, 3.8) is 0 Å². The summed E-state index contributed by atoms with van der Waals surface area (Å²) in [5, 5.41) is 8.26. The van der Waals surface area contributed by atoms with Gasteiger partial charge in [0.2, 0.25) is 5.90 Å². The van der Waals surface area contributed by atoms with Crippen LogP contribution in [0.1, 0.15) is 36.8 Å². The van der Waals surface area contributed by atoms with E-state index in [9.17, 15) is 0 Å². The van der Waals surface area contributed by atoms with E-state index < -0.39 is 0 Å². The number of halogens is 1. The Kier molecular flexibility index (Phi) is 5.90. The van der Waals surface area contributed by atoms with Gasteiger partial charge in [0.05, 0.1) is 13.7 Å². The van der Waals surface area contributed by atoms with E-state index >= 15 is 0 Å². The standard InChI is InChI=1S/C17H20ClNO3/c1-3-4-9-21-15-7-5-13(18)10-12(15)11-14-6-8-16(22-14)17(19)20-2/h5-8,10,19H,3-4,9,11H2,1-2H3. The number of benzene rings is 1. The van der Waals surface area contributed by atoms with E-state index in [-0.39, 0.29) is 5.90 Å². The summed E-state index contributed by atoms with van der Waals surface area (Å²) in [5.74, 6) is 1.97. The van der Waals surface area contributed by atoms with Crippen molar-refractivity contribution in [2.24, 2.45) is 0 Å². The van der Waals surface area contributed by atoms with Gasteiger partial charge in [0.1, 0.15) is 11.5 Å². The van der Waals surface area contributed by atoms with E-state index in [2.05, 4.69) is 6.92 Å². The zero-order valence-electron chi connectivity index (χ0n) is 12.8. The molecule has 5 heteroatoms. The second-order valence-corrected chi connectivity index (χ2v) is 5.37. The molecule has 0 saturated carbocycles. The summed E-state index contributed by atoms with van der Waals surface area (Å²) >= 11 is 6.08. The van der Waals surface area contributed by atoms with Crippen molar-refractivity contribution in [3.05, 3.63) is 52.4 Å². The average Bonchev–Trinajstić information content (AvgIpc) is 2.97. The molecular formula is C17H20ClNO3. The Labute approximate surface area is 135 Å². The number of rotatable bonds is 7. The SMILES string of the molecule is CCCCOc1ccc(Cl)cc1Cc1ccc(C(=N)OC)o1. The number of ether oxygens (including phenoxy) is 2. The van der Waals surface area contributed by atoms with Crippen LogP contribution in [0.25, 0.3) is 0 Å². The molecule has 118 valence electrons. The molecule has 1 heterocycles. The van der Waals surface area contributed by atoms with Crippen molar-refractivity contribution >= 4 is 17.5 Å². The highest BCUT2D eigenvalue weighted by Crippen LogP contribution is 2.26. The van der Waals surface area contributed by atoms with E-state index in [0.717, 1.165) is 29.9 Å². The van der Waals surface area contributed by atoms with Crippen LogP contribution in [0.3, 0.4) is 0 Å². The molecule has 0 atom stereocenters. The van der Waals surface area contributed by atoms with Gasteiger partial charge in [-0.3, -0.25) is 5.41 Å². The molecule has 0 amide bonds. The van der Waals surface area contributed by atoms with Gasteiger partial charge in [-0.25, -0.2) is 0 Å². The molecule has 22 heavy (non-hydrogen) atoms. The van der Waals surface area contributed by atoms with Crippen LogP contribution < -0.4 is 4.74 Å². The molecule has 2 aromatic rings. The Morgan fingerprint density at radius 3 is 2.82 bits per heavy atom. The van der Waals surface area contributed by atoms with Crippen molar-refractivity contribution in [3.8, 4) is 5.75 Å². The first-order chi connectivity index (χ1) is 10.6. The van der Waals surface area contributed by atoms with Crippen molar-refractivity contribution in [1.82, 2.24) is 0 Å². The smallest absolute Gasteiger partial charge is 0.249 e. The van der Waals surface area contributed by atoms with E-state index in [1.165, 1.54) is 7.11 Å². The number of unbranched alkanes of at least 4 members (excludes halogenated alkanes) is 1. The average molecular weight is 322 g/mol. The van der Waals surface area contributed by atoms with E-state index in [0.29, 0.717) is 23.8 Å². The molecule has 0 aliphatic carbocycles. The Bertz CT molecular complexity index is 637. The fourth-order valence-corrected chi connectivity index (χ4v) is 2.23. The summed E-state index contributed by atoms with van der Waals surface area (Å²) in [6.07, 6.45) is 2.65. The quantitative estimate of drug-likeness (QED) is 0.458. The molecule has 0 radical (unpaired) electrons. The second-order valence-electron chi connectivity index (χ2n) is 4.93. The summed E-state index contributed by atoms with van der Waals surface area (Å²) < 4.78 is 16.3. The monoisotopic (exact) mass is 321 g/mol. The minimum atomic E-state index is 0.0109. The highest BCUT2D eigenvalue weighted by Gasteiger charge is 2.11. The maximum absolute atomic E-state index is 7.60. The highest BCUT2D eigenvalue weighted by molar-refractivity contribution is 6.30. The van der Waals surface area contributed by atoms with Gasteiger partial charge in [-0.1, -0.05) is 24.9 Å². The topological polar surface area (TPSA) is 55.5 Å². The lowest BCUT2D eigenvalue weighted by Gasteiger charge is -2.11. The Hall–Kier alpha value is -1.94. The van der Waals surface area contributed by atoms with E-state index in [4.69, 9.17) is 30.9 Å². The predicted molar refractivity (Wildman–Crippen MR) is 87.2 cm³/mol. The van der Waals surface area contributed by atoms with E-state index in [1.54, 1.807) is 6.07 Å². The molecule has 1 aromatic carbocycles. The molecule has 0 bridgehead atoms. The van der Waals surface area contributed by atoms with Crippen LogP contribution in [-0.4, -0.2) is 19.6 Å². The van der Waals surface area contributed by atoms with Crippen LogP contribution >= 0.6 is 11.6 Å². The van der Waals surface area contributed by atoms with Crippen molar-refractivity contribution in [2.75, 3.05) is 13.7 Å². The van der Waals surface area contributed by atoms with E-state index in [1.807, 2.05) is 24.3 Å². The summed E-state index contributed by atoms with van der Waals surface area (Å²) in [6.45, 7) is 2.81. The lowest BCUT2D eigenvalue weighted by atomic mass is 10.1. The fraction of sp³-hybridized carbons (Fsp3) is 0.353. The first kappa shape index (κ1) is 16.4. The van der Waals surface area contributed by atoms with Gasteiger partial charge in [-0.05, 0) is 36.8 Å². The molecule has 0 saturated heterocycles. The number of nitrogens with one attached hydrogen (secondary N) is 1. The molecule has 1 N–H and O–H groups in total. The van der Waals surface area contributed by atoms with Gasteiger partial charge in [0.25, 0.3) is 0 Å². The molecule has 0 fully saturated rings. The van der Waals surface area contributed by atoms with Crippen LogP contribution in [0.15, 0.2) is 34.7 Å². The summed E-state index contributed by atoms with van der Waals surface area (Å²) in [7, 11) is 1.45. The van der Waals surface area contributed by atoms with Crippen LogP contribution in [-0.2, 0) is 11.2 Å². The van der Waals surface area contributed by atoms with Crippen LogP contribution in [0.4, 0.5) is 0 Å². The molecular weight excluding hydrogens is 302 g/mol. The lowest BCUT2D eigenvalue weighted by molar-refractivity contribution is 0.306. The number of furan rings is 1. The number of hydrogen-bond acceptors (Lipinski definition) is 4. The molecule has 0 spiro atoms. The maximum Gasteiger partial charge on any atom is 0.249 e. The van der Waals surface area contributed by atoms with Gasteiger partial charge in [0.15, 0.2) is 5.76 Å². The Morgan fingerprint density at radius 1 is 1.27 bits per heavy atom. The normalized spacial score (nSPS) is 10.5. The first-order valence-electron chi connectivity index (χ1n) is 7.27. The van der Waals surface area contributed by atoms with Gasteiger partial charge in [0, 0.05) is 17.0 Å². The maximum atomic E-state index is 7.60. The number of methoxy groups -OCH3 is 1. The summed E-state index contributed by atoms with van der Waals surface area (Å²) in [5.41, 5.74) is 0.966. The van der Waals surface area contributed by atoms with Gasteiger partial charge >= 0.3 is 0 Å². The zero-order valence-corrected chi connectivity index (χ0v) is 13.6. The fourth-order valence-electron chi connectivity index (χ4n) is 2.04. The third-order valence-electron chi connectivity index (χ3n) is 3.23. The highest BCUT2D eigenvalue weighted by atomic mass is 35.5. The Balaban J connectivity index is 2.15. The lowest BCUT2D eigenvalue weighted by Crippen LogP contribution is -2.00. The van der Waals surface area contributed by atoms with Gasteiger partial charge in [-0.15, -0.1) is 0 Å². The minimum absolute atomic E-state index is 0.0109. The van der Waals surface area contributed by atoms with Gasteiger partial charge < -0.3 is 13.9 Å². The summed E-state index contributed by atoms with van der Waals surface area (Å²) in [6, 6.07) is 9.14. The molecule has 0 unspecified atom stereocenters. The third kappa shape index (κ3) is 4.28. The zero-order chi connectivity index (χ0) is 15.9. The van der Waals surface area contributed by atoms with Crippen LogP contribution in [0.2, 0.25) is 5.02 Å². The largest absolute Gasteiger partial charge is 0.493 e. The molecule has 4 nitrogen and oxygen atoms in total. The molecule has 0 aliphatic heterocycles. The third-order valence-corrected chi connectivity index (χ3v) is 3.47. The molecule has 1 aromatic heterocycles.